The van der Waals surface area contributed by atoms with Crippen LogP contribution in [0, 0.1) is 5.92 Å². The Balaban J connectivity index is 0. The first kappa shape index (κ1) is 18.3. The Hall–Kier alpha value is -0.120. The normalized spacial score (nSPS) is 12.6. The Kier molecular flexibility index (Phi) is 14.8. The molecular weight excluding hydrogens is 198 g/mol. The van der Waals surface area contributed by atoms with Gasteiger partial charge in [0.1, 0.15) is 0 Å². The van der Waals surface area contributed by atoms with Gasteiger partial charge in [0, 0.05) is 12.6 Å². The van der Waals surface area contributed by atoms with E-state index in [1.807, 2.05) is 20.9 Å². The molecule has 100 valence electrons. The summed E-state index contributed by atoms with van der Waals surface area (Å²) in [5.74, 6) is 0.696. The van der Waals surface area contributed by atoms with E-state index in [1.165, 1.54) is 13.0 Å². The fourth-order valence-corrected chi connectivity index (χ4v) is 1.45. The summed E-state index contributed by atoms with van der Waals surface area (Å²) in [6.45, 7) is 11.9. The summed E-state index contributed by atoms with van der Waals surface area (Å²) in [5.41, 5.74) is 0. The van der Waals surface area contributed by atoms with Crippen molar-refractivity contribution in [3.05, 3.63) is 0 Å². The average molecular weight is 231 g/mol. The molecule has 0 aliphatic heterocycles. The van der Waals surface area contributed by atoms with E-state index in [0.717, 1.165) is 13.1 Å². The van der Waals surface area contributed by atoms with Crippen molar-refractivity contribution in [2.24, 2.45) is 5.92 Å². The minimum atomic E-state index is 0.592. The van der Waals surface area contributed by atoms with Crippen LogP contribution in [0.3, 0.4) is 0 Å². The van der Waals surface area contributed by atoms with Crippen LogP contribution < -0.4 is 10.6 Å². The first-order valence-corrected chi connectivity index (χ1v) is 6.60. The Morgan fingerprint density at radius 1 is 1.12 bits per heavy atom. The topological polar surface area (TPSA) is 27.3 Å². The molecule has 1 unspecified atom stereocenters. The summed E-state index contributed by atoms with van der Waals surface area (Å²) < 4.78 is 0. The molecule has 0 aromatic rings. The number of nitrogens with one attached hydrogen (secondary N) is 2. The van der Waals surface area contributed by atoms with Crippen molar-refractivity contribution in [1.29, 1.82) is 0 Å². The third kappa shape index (κ3) is 12.0. The minimum Gasteiger partial charge on any atom is -0.315 e. The first-order chi connectivity index (χ1) is 7.57. The van der Waals surface area contributed by atoms with E-state index in [-0.39, 0.29) is 0 Å². The molecule has 0 aliphatic carbocycles. The molecule has 0 fully saturated rings. The van der Waals surface area contributed by atoms with Crippen LogP contribution >= 0.6 is 0 Å². The summed E-state index contributed by atoms with van der Waals surface area (Å²) in [6.07, 6.45) is 1.22. The SMILES string of the molecule is CC.CNC(CNCCCN(C)C)C(C)C. The van der Waals surface area contributed by atoms with E-state index in [4.69, 9.17) is 0 Å². The first-order valence-electron chi connectivity index (χ1n) is 6.60. The van der Waals surface area contributed by atoms with Crippen molar-refractivity contribution in [3.63, 3.8) is 0 Å². The summed E-state index contributed by atoms with van der Waals surface area (Å²) >= 11 is 0. The number of likely N-dealkylation sites (N-methyl/N-ethyl adjacent to an activating group) is 1. The molecule has 0 saturated heterocycles. The molecule has 0 amide bonds. The van der Waals surface area contributed by atoms with Gasteiger partial charge >= 0.3 is 0 Å². The summed E-state index contributed by atoms with van der Waals surface area (Å²) in [4.78, 5) is 2.22. The third-order valence-electron chi connectivity index (χ3n) is 2.50. The Labute approximate surface area is 103 Å². The lowest BCUT2D eigenvalue weighted by Gasteiger charge is -2.20. The zero-order chi connectivity index (χ0) is 13.0. The number of hydrogen-bond donors (Lipinski definition) is 2. The molecule has 0 rings (SSSR count). The highest BCUT2D eigenvalue weighted by molar-refractivity contribution is 4.70. The van der Waals surface area contributed by atoms with Crippen molar-refractivity contribution < 1.29 is 0 Å². The average Bonchev–Trinajstić information content (AvgIpc) is 2.25. The van der Waals surface area contributed by atoms with Crippen LogP contribution in [0.4, 0.5) is 0 Å². The van der Waals surface area contributed by atoms with Crippen LogP contribution in [0.2, 0.25) is 0 Å². The molecule has 0 aromatic carbocycles. The van der Waals surface area contributed by atoms with E-state index >= 15 is 0 Å². The van der Waals surface area contributed by atoms with E-state index in [9.17, 15) is 0 Å². The number of rotatable bonds is 8. The quantitative estimate of drug-likeness (QED) is 0.624. The highest BCUT2D eigenvalue weighted by Crippen LogP contribution is 1.98. The Morgan fingerprint density at radius 2 is 1.69 bits per heavy atom. The maximum absolute atomic E-state index is 3.48. The van der Waals surface area contributed by atoms with Gasteiger partial charge in [0.25, 0.3) is 0 Å². The highest BCUT2D eigenvalue weighted by atomic mass is 15.1. The summed E-state index contributed by atoms with van der Waals surface area (Å²) in [7, 11) is 6.27. The lowest BCUT2D eigenvalue weighted by Crippen LogP contribution is -2.40. The molecule has 16 heavy (non-hydrogen) atoms. The Bertz CT molecular complexity index is 124. The van der Waals surface area contributed by atoms with Crippen molar-refractivity contribution in [2.75, 3.05) is 40.8 Å². The lowest BCUT2D eigenvalue weighted by molar-refractivity contribution is 0.374. The van der Waals surface area contributed by atoms with Gasteiger partial charge in [0.15, 0.2) is 0 Å². The highest BCUT2D eigenvalue weighted by Gasteiger charge is 2.08. The van der Waals surface area contributed by atoms with Gasteiger partial charge in [-0.05, 0) is 46.6 Å². The molecule has 0 spiro atoms. The van der Waals surface area contributed by atoms with Gasteiger partial charge in [-0.3, -0.25) is 0 Å². The van der Waals surface area contributed by atoms with Crippen molar-refractivity contribution in [3.8, 4) is 0 Å². The molecule has 3 heteroatoms. The number of nitrogens with zero attached hydrogens (tertiary/aromatic N) is 1. The molecular formula is C13H33N3. The van der Waals surface area contributed by atoms with Crippen LogP contribution in [-0.2, 0) is 0 Å². The van der Waals surface area contributed by atoms with Crippen LogP contribution in [0.1, 0.15) is 34.1 Å². The van der Waals surface area contributed by atoms with Crippen molar-refractivity contribution >= 4 is 0 Å². The van der Waals surface area contributed by atoms with Crippen LogP contribution in [0.5, 0.6) is 0 Å². The smallest absolute Gasteiger partial charge is 0.0212 e. The fourth-order valence-electron chi connectivity index (χ4n) is 1.45. The molecule has 0 aromatic heterocycles. The molecule has 0 aliphatic rings. The van der Waals surface area contributed by atoms with Crippen molar-refractivity contribution in [1.82, 2.24) is 15.5 Å². The molecule has 0 saturated carbocycles. The number of hydrogen-bond acceptors (Lipinski definition) is 3. The molecule has 3 nitrogen and oxygen atoms in total. The largest absolute Gasteiger partial charge is 0.315 e. The van der Waals surface area contributed by atoms with Gasteiger partial charge in [0.05, 0.1) is 0 Å². The second kappa shape index (κ2) is 12.9. The van der Waals surface area contributed by atoms with Crippen LogP contribution in [-0.4, -0.2) is 51.7 Å². The maximum Gasteiger partial charge on any atom is 0.0212 e. The molecule has 0 radical (unpaired) electrons. The minimum absolute atomic E-state index is 0.592. The second-order valence-electron chi connectivity index (χ2n) is 4.50. The molecule has 0 heterocycles. The lowest BCUT2D eigenvalue weighted by atomic mass is 10.1. The van der Waals surface area contributed by atoms with Crippen LogP contribution in [0.25, 0.3) is 0 Å². The molecule has 0 bridgehead atoms. The zero-order valence-electron chi connectivity index (χ0n) is 12.4. The van der Waals surface area contributed by atoms with E-state index in [1.54, 1.807) is 0 Å². The zero-order valence-corrected chi connectivity index (χ0v) is 12.4. The van der Waals surface area contributed by atoms with E-state index in [2.05, 4.69) is 43.5 Å². The summed E-state index contributed by atoms with van der Waals surface area (Å²) in [6, 6.07) is 0.592. The van der Waals surface area contributed by atoms with E-state index < -0.39 is 0 Å². The molecule has 1 atom stereocenters. The monoisotopic (exact) mass is 231 g/mol. The predicted octanol–water partition coefficient (Wildman–Crippen LogP) is 1.80. The van der Waals surface area contributed by atoms with Gasteiger partial charge in [-0.1, -0.05) is 27.7 Å². The van der Waals surface area contributed by atoms with Crippen molar-refractivity contribution in [2.45, 2.75) is 40.2 Å². The van der Waals surface area contributed by atoms with Gasteiger partial charge in [-0.25, -0.2) is 0 Å². The predicted molar refractivity (Wildman–Crippen MR) is 75.1 cm³/mol. The maximum atomic E-state index is 3.48. The van der Waals surface area contributed by atoms with E-state index in [0.29, 0.717) is 12.0 Å². The van der Waals surface area contributed by atoms with Gasteiger partial charge in [-0.15, -0.1) is 0 Å². The van der Waals surface area contributed by atoms with Gasteiger partial charge in [-0.2, -0.15) is 0 Å². The standard InChI is InChI=1S/C11H27N3.C2H6/c1-10(2)11(12-3)9-13-7-6-8-14(4)5;1-2/h10-13H,6-9H2,1-5H3;1-2H3. The Morgan fingerprint density at radius 3 is 2.06 bits per heavy atom. The van der Waals surface area contributed by atoms with Crippen LogP contribution in [0.15, 0.2) is 0 Å². The third-order valence-corrected chi connectivity index (χ3v) is 2.50. The summed E-state index contributed by atoms with van der Waals surface area (Å²) in [5, 5.41) is 6.81. The fraction of sp³-hybridized carbons (Fsp3) is 1.00. The molecule has 2 N–H and O–H groups in total. The van der Waals surface area contributed by atoms with Gasteiger partial charge < -0.3 is 15.5 Å². The van der Waals surface area contributed by atoms with Gasteiger partial charge in [0.2, 0.25) is 0 Å². The second-order valence-corrected chi connectivity index (χ2v) is 4.50.